The molecule has 1 heterocycles. The standard InChI is InChI=1S/C13H12BrN3O2/c14-10-5-3-9(4-6-10)8-19-13-11(12(15)17-18)2-1-7-16-13/h1-7,18H,8H2,(H2,15,17). The minimum absolute atomic E-state index is 0.0288. The van der Waals surface area contributed by atoms with E-state index in [0.29, 0.717) is 18.1 Å². The van der Waals surface area contributed by atoms with E-state index < -0.39 is 0 Å². The summed E-state index contributed by atoms with van der Waals surface area (Å²) in [6.45, 7) is 0.357. The van der Waals surface area contributed by atoms with Crippen LogP contribution in [0.4, 0.5) is 0 Å². The van der Waals surface area contributed by atoms with Crippen LogP contribution < -0.4 is 10.5 Å². The first-order valence-corrected chi connectivity index (χ1v) is 6.30. The van der Waals surface area contributed by atoms with E-state index in [1.807, 2.05) is 24.3 Å². The number of oxime groups is 1. The van der Waals surface area contributed by atoms with E-state index in [9.17, 15) is 0 Å². The minimum atomic E-state index is -0.0288. The molecule has 2 rings (SSSR count). The van der Waals surface area contributed by atoms with Gasteiger partial charge in [0.1, 0.15) is 6.61 Å². The molecule has 0 spiro atoms. The van der Waals surface area contributed by atoms with Crippen molar-refractivity contribution in [2.45, 2.75) is 6.61 Å². The summed E-state index contributed by atoms with van der Waals surface area (Å²) in [7, 11) is 0. The number of benzene rings is 1. The zero-order valence-electron chi connectivity index (χ0n) is 9.95. The number of nitrogens with two attached hydrogens (primary N) is 1. The van der Waals surface area contributed by atoms with Gasteiger partial charge >= 0.3 is 0 Å². The Labute approximate surface area is 118 Å². The average molecular weight is 322 g/mol. The number of rotatable bonds is 4. The summed E-state index contributed by atoms with van der Waals surface area (Å²) >= 11 is 3.37. The molecule has 0 amide bonds. The summed E-state index contributed by atoms with van der Waals surface area (Å²) in [4.78, 5) is 4.08. The van der Waals surface area contributed by atoms with Crippen molar-refractivity contribution in [1.29, 1.82) is 0 Å². The number of hydrogen-bond donors (Lipinski definition) is 2. The average Bonchev–Trinajstić information content (AvgIpc) is 2.46. The van der Waals surface area contributed by atoms with Crippen LogP contribution in [0.2, 0.25) is 0 Å². The van der Waals surface area contributed by atoms with Crippen molar-refractivity contribution in [2.75, 3.05) is 0 Å². The molecule has 0 unspecified atom stereocenters. The maximum Gasteiger partial charge on any atom is 0.224 e. The number of ether oxygens (including phenoxy) is 1. The van der Waals surface area contributed by atoms with Crippen LogP contribution in [0.15, 0.2) is 52.2 Å². The Kier molecular flexibility index (Phi) is 4.35. The summed E-state index contributed by atoms with van der Waals surface area (Å²) in [5.41, 5.74) is 7.02. The van der Waals surface area contributed by atoms with Gasteiger partial charge in [0.2, 0.25) is 5.88 Å². The summed E-state index contributed by atoms with van der Waals surface area (Å²) in [5, 5.41) is 11.7. The molecule has 19 heavy (non-hydrogen) atoms. The van der Waals surface area contributed by atoms with E-state index in [0.717, 1.165) is 10.0 Å². The highest BCUT2D eigenvalue weighted by Gasteiger charge is 2.09. The van der Waals surface area contributed by atoms with E-state index in [4.69, 9.17) is 15.7 Å². The number of hydrogen-bond acceptors (Lipinski definition) is 4. The van der Waals surface area contributed by atoms with Crippen molar-refractivity contribution in [3.63, 3.8) is 0 Å². The van der Waals surface area contributed by atoms with E-state index in [1.54, 1.807) is 18.3 Å². The van der Waals surface area contributed by atoms with Gasteiger partial charge in [-0.3, -0.25) is 0 Å². The molecule has 1 aromatic heterocycles. The normalized spacial score (nSPS) is 11.3. The summed E-state index contributed by atoms with van der Waals surface area (Å²) in [6.07, 6.45) is 1.59. The molecule has 5 nitrogen and oxygen atoms in total. The van der Waals surface area contributed by atoms with Gasteiger partial charge in [-0.15, -0.1) is 0 Å². The first kappa shape index (κ1) is 13.4. The van der Waals surface area contributed by atoms with Crippen LogP contribution in [-0.4, -0.2) is 16.0 Å². The first-order valence-electron chi connectivity index (χ1n) is 5.51. The van der Waals surface area contributed by atoms with Crippen LogP contribution in [-0.2, 0) is 6.61 Å². The number of halogens is 1. The van der Waals surface area contributed by atoms with Gasteiger partial charge in [-0.2, -0.15) is 0 Å². The van der Waals surface area contributed by atoms with Crippen molar-refractivity contribution in [3.8, 4) is 5.88 Å². The summed E-state index contributed by atoms with van der Waals surface area (Å²) in [5.74, 6) is 0.305. The Morgan fingerprint density at radius 1 is 1.32 bits per heavy atom. The quantitative estimate of drug-likeness (QED) is 0.392. The lowest BCUT2D eigenvalue weighted by Gasteiger charge is -2.09. The highest BCUT2D eigenvalue weighted by molar-refractivity contribution is 9.10. The highest BCUT2D eigenvalue weighted by atomic mass is 79.9. The third-order valence-electron chi connectivity index (χ3n) is 2.44. The fourth-order valence-electron chi connectivity index (χ4n) is 1.49. The first-order chi connectivity index (χ1) is 9.20. The van der Waals surface area contributed by atoms with Gasteiger partial charge in [-0.05, 0) is 29.8 Å². The van der Waals surface area contributed by atoms with Crippen LogP contribution in [0.5, 0.6) is 5.88 Å². The van der Waals surface area contributed by atoms with Crippen molar-refractivity contribution in [2.24, 2.45) is 10.9 Å². The number of amidine groups is 1. The molecule has 98 valence electrons. The molecule has 2 aromatic rings. The second-order valence-corrected chi connectivity index (χ2v) is 4.67. The topological polar surface area (TPSA) is 80.7 Å². The minimum Gasteiger partial charge on any atom is -0.472 e. The molecule has 3 N–H and O–H groups in total. The number of aromatic nitrogens is 1. The molecule has 0 saturated heterocycles. The van der Waals surface area contributed by atoms with E-state index in [2.05, 4.69) is 26.1 Å². The zero-order chi connectivity index (χ0) is 13.7. The Balaban J connectivity index is 2.13. The van der Waals surface area contributed by atoms with E-state index in [-0.39, 0.29) is 5.84 Å². The third kappa shape index (κ3) is 3.45. The Bertz CT molecular complexity index is 585. The van der Waals surface area contributed by atoms with Gasteiger partial charge in [-0.1, -0.05) is 33.2 Å². The van der Waals surface area contributed by atoms with Crippen LogP contribution in [0.25, 0.3) is 0 Å². The predicted molar refractivity (Wildman–Crippen MR) is 75.2 cm³/mol. The van der Waals surface area contributed by atoms with Gasteiger partial charge in [0.15, 0.2) is 5.84 Å². The van der Waals surface area contributed by atoms with Gasteiger partial charge in [0, 0.05) is 10.7 Å². The Morgan fingerprint density at radius 3 is 2.74 bits per heavy atom. The lowest BCUT2D eigenvalue weighted by molar-refractivity contribution is 0.292. The summed E-state index contributed by atoms with van der Waals surface area (Å²) < 4.78 is 6.59. The molecule has 6 heteroatoms. The fourth-order valence-corrected chi connectivity index (χ4v) is 1.75. The molecule has 0 saturated carbocycles. The molecule has 0 bridgehead atoms. The van der Waals surface area contributed by atoms with Gasteiger partial charge in [-0.25, -0.2) is 4.98 Å². The largest absolute Gasteiger partial charge is 0.472 e. The molecule has 0 atom stereocenters. The van der Waals surface area contributed by atoms with Crippen LogP contribution in [0.1, 0.15) is 11.1 Å². The predicted octanol–water partition coefficient (Wildman–Crippen LogP) is 2.52. The zero-order valence-corrected chi connectivity index (χ0v) is 11.5. The van der Waals surface area contributed by atoms with Crippen LogP contribution >= 0.6 is 15.9 Å². The lowest BCUT2D eigenvalue weighted by atomic mass is 10.2. The van der Waals surface area contributed by atoms with Crippen molar-refractivity contribution in [1.82, 2.24) is 4.98 Å². The molecule has 0 aliphatic heterocycles. The SMILES string of the molecule is N/C(=N/O)c1cccnc1OCc1ccc(Br)cc1. The van der Waals surface area contributed by atoms with Gasteiger partial charge in [0.25, 0.3) is 0 Å². The lowest BCUT2D eigenvalue weighted by Crippen LogP contribution is -2.15. The molecule has 0 aliphatic rings. The molecule has 1 aromatic carbocycles. The fraction of sp³-hybridized carbons (Fsp3) is 0.0769. The van der Waals surface area contributed by atoms with Gasteiger partial charge in [0.05, 0.1) is 5.56 Å². The molecule has 0 radical (unpaired) electrons. The van der Waals surface area contributed by atoms with E-state index >= 15 is 0 Å². The monoisotopic (exact) mass is 321 g/mol. The van der Waals surface area contributed by atoms with Crippen molar-refractivity contribution >= 4 is 21.8 Å². The molecular formula is C13H12BrN3O2. The maximum atomic E-state index is 8.70. The number of pyridine rings is 1. The van der Waals surface area contributed by atoms with Gasteiger partial charge < -0.3 is 15.7 Å². The van der Waals surface area contributed by atoms with Crippen molar-refractivity contribution in [3.05, 3.63) is 58.2 Å². The van der Waals surface area contributed by atoms with Crippen LogP contribution in [0, 0.1) is 0 Å². The summed E-state index contributed by atoms with van der Waals surface area (Å²) in [6, 6.07) is 11.1. The van der Waals surface area contributed by atoms with E-state index in [1.165, 1.54) is 0 Å². The second-order valence-electron chi connectivity index (χ2n) is 3.76. The molecule has 0 aliphatic carbocycles. The maximum absolute atomic E-state index is 8.70. The molecule has 0 fully saturated rings. The highest BCUT2D eigenvalue weighted by Crippen LogP contribution is 2.17. The Morgan fingerprint density at radius 2 is 2.05 bits per heavy atom. The number of nitrogens with zero attached hydrogens (tertiary/aromatic N) is 2. The second kappa shape index (κ2) is 6.19. The van der Waals surface area contributed by atoms with Crippen LogP contribution in [0.3, 0.4) is 0 Å². The van der Waals surface area contributed by atoms with Crippen molar-refractivity contribution < 1.29 is 9.94 Å². The molecular weight excluding hydrogens is 310 g/mol. The third-order valence-corrected chi connectivity index (χ3v) is 2.97. The smallest absolute Gasteiger partial charge is 0.224 e. The Hall–Kier alpha value is -2.08.